The van der Waals surface area contributed by atoms with Gasteiger partial charge in [0.25, 0.3) is 0 Å². The van der Waals surface area contributed by atoms with Gasteiger partial charge in [-0.05, 0) is 48.1 Å². The van der Waals surface area contributed by atoms with Crippen LogP contribution in [0, 0.1) is 5.92 Å². The van der Waals surface area contributed by atoms with E-state index in [2.05, 4.69) is 50.4 Å². The largest absolute Gasteiger partial charge is 0.447 e. The van der Waals surface area contributed by atoms with Gasteiger partial charge in [0.05, 0.1) is 5.54 Å². The molecule has 2 amide bonds. The third-order valence-electron chi connectivity index (χ3n) is 6.73. The highest BCUT2D eigenvalue weighted by molar-refractivity contribution is 5.81. The van der Waals surface area contributed by atoms with Gasteiger partial charge in [-0.3, -0.25) is 4.79 Å². The molecule has 2 saturated carbocycles. The molecule has 3 fully saturated rings. The first-order valence-corrected chi connectivity index (χ1v) is 9.99. The van der Waals surface area contributed by atoms with E-state index in [0.717, 1.165) is 12.8 Å². The van der Waals surface area contributed by atoms with Gasteiger partial charge < -0.3 is 15.0 Å². The molecule has 0 atom stereocenters. The summed E-state index contributed by atoms with van der Waals surface area (Å²) in [5, 5.41) is 2.86. The summed E-state index contributed by atoms with van der Waals surface area (Å²) in [6.07, 6.45) is 3.12. The molecule has 5 heteroatoms. The van der Waals surface area contributed by atoms with Gasteiger partial charge in [0.2, 0.25) is 5.91 Å². The van der Waals surface area contributed by atoms with Crippen molar-refractivity contribution in [3.8, 4) is 0 Å². The normalized spacial score (nSPS) is 32.3. The van der Waals surface area contributed by atoms with Crippen LogP contribution in [0.15, 0.2) is 24.3 Å². The average molecular weight is 373 g/mol. The molecule has 0 unspecified atom stereocenters. The van der Waals surface area contributed by atoms with E-state index in [-0.39, 0.29) is 30.3 Å². The second-order valence-electron chi connectivity index (χ2n) is 9.73. The van der Waals surface area contributed by atoms with Crippen molar-refractivity contribution in [2.24, 2.45) is 5.92 Å². The minimum atomic E-state index is -0.353. The molecule has 5 nitrogen and oxygen atoms in total. The number of cyclic esters (lactones) is 1. The zero-order valence-electron chi connectivity index (χ0n) is 16.7. The van der Waals surface area contributed by atoms with Crippen molar-refractivity contribution in [2.75, 3.05) is 13.7 Å². The zero-order valence-corrected chi connectivity index (χ0v) is 16.7. The van der Waals surface area contributed by atoms with Gasteiger partial charge >= 0.3 is 6.09 Å². The highest BCUT2D eigenvalue weighted by Gasteiger charge is 2.53. The standard InChI is InChI=1S/C22H30N2O3.H2/c1-21(2,3)17-7-5-14(6-8-17)15-9-18(10-15)24(4)19(25)16-11-22(12-16)13-27-20(26)23-22;/h5-8,15-16,18H,9-13H2,1-4H3,(H,23,26);1H. The third-order valence-corrected chi connectivity index (χ3v) is 6.73. The van der Waals surface area contributed by atoms with Crippen molar-refractivity contribution in [2.45, 2.75) is 69.4 Å². The van der Waals surface area contributed by atoms with E-state index in [9.17, 15) is 9.59 Å². The summed E-state index contributed by atoms with van der Waals surface area (Å²) in [4.78, 5) is 25.9. The van der Waals surface area contributed by atoms with E-state index in [1.165, 1.54) is 11.1 Å². The van der Waals surface area contributed by atoms with E-state index < -0.39 is 0 Å². The molecule has 148 valence electrons. The van der Waals surface area contributed by atoms with Gasteiger partial charge in [-0.1, -0.05) is 45.0 Å². The van der Waals surface area contributed by atoms with Crippen LogP contribution in [0.25, 0.3) is 0 Å². The van der Waals surface area contributed by atoms with Crippen LogP contribution < -0.4 is 5.32 Å². The Hall–Kier alpha value is -2.04. The second-order valence-corrected chi connectivity index (χ2v) is 9.73. The number of carbonyl (C=O) groups excluding carboxylic acids is 2. The predicted molar refractivity (Wildman–Crippen MR) is 106 cm³/mol. The quantitative estimate of drug-likeness (QED) is 0.877. The first kappa shape index (κ1) is 18.3. The van der Waals surface area contributed by atoms with Gasteiger partial charge in [0.15, 0.2) is 0 Å². The van der Waals surface area contributed by atoms with Gasteiger partial charge in [-0.2, -0.15) is 0 Å². The summed E-state index contributed by atoms with van der Waals surface area (Å²) < 4.78 is 5.00. The summed E-state index contributed by atoms with van der Waals surface area (Å²) in [5.74, 6) is 0.782. The smallest absolute Gasteiger partial charge is 0.407 e. The fourth-order valence-electron chi connectivity index (χ4n) is 4.67. The van der Waals surface area contributed by atoms with Crippen LogP contribution in [0.3, 0.4) is 0 Å². The summed E-state index contributed by atoms with van der Waals surface area (Å²) in [5.41, 5.74) is 2.64. The molecule has 1 heterocycles. The Bertz CT molecular complexity index is 744. The number of alkyl carbamates (subject to hydrolysis) is 1. The van der Waals surface area contributed by atoms with Crippen LogP contribution in [0.4, 0.5) is 4.79 Å². The molecule has 2 aliphatic carbocycles. The number of nitrogens with zero attached hydrogens (tertiary/aromatic N) is 1. The Morgan fingerprint density at radius 3 is 2.37 bits per heavy atom. The molecule has 4 rings (SSSR count). The minimum Gasteiger partial charge on any atom is -0.447 e. The van der Waals surface area contributed by atoms with Gasteiger partial charge in [-0.25, -0.2) is 4.79 Å². The Morgan fingerprint density at radius 2 is 1.85 bits per heavy atom. The van der Waals surface area contributed by atoms with Crippen molar-refractivity contribution in [1.29, 1.82) is 0 Å². The molecule has 1 spiro atoms. The van der Waals surface area contributed by atoms with Crippen LogP contribution in [0.5, 0.6) is 0 Å². The molecular formula is C22H32N2O3. The first-order valence-electron chi connectivity index (χ1n) is 9.99. The number of ether oxygens (including phenoxy) is 1. The molecule has 0 aromatic heterocycles. The summed E-state index contributed by atoms with van der Waals surface area (Å²) in [6.45, 7) is 7.09. The van der Waals surface area contributed by atoms with E-state index in [4.69, 9.17) is 4.74 Å². The lowest BCUT2D eigenvalue weighted by atomic mass is 9.67. The number of carbonyl (C=O) groups is 2. The summed E-state index contributed by atoms with van der Waals surface area (Å²) >= 11 is 0. The number of hydrogen-bond acceptors (Lipinski definition) is 3. The van der Waals surface area contributed by atoms with Gasteiger partial charge in [0.1, 0.15) is 6.61 Å². The highest BCUT2D eigenvalue weighted by Crippen LogP contribution is 2.44. The number of amides is 2. The first-order chi connectivity index (χ1) is 12.7. The molecule has 1 aliphatic heterocycles. The highest BCUT2D eigenvalue weighted by atomic mass is 16.6. The third kappa shape index (κ3) is 3.32. The van der Waals surface area contributed by atoms with Crippen LogP contribution in [0.1, 0.15) is 64.9 Å². The number of rotatable bonds is 3. The summed E-state index contributed by atoms with van der Waals surface area (Å²) in [7, 11) is 1.93. The Kier molecular flexibility index (Phi) is 4.24. The molecule has 0 bridgehead atoms. The van der Waals surface area contributed by atoms with Crippen molar-refractivity contribution < 1.29 is 15.8 Å². The summed E-state index contributed by atoms with van der Waals surface area (Å²) in [6, 6.07) is 9.31. The van der Waals surface area contributed by atoms with Crippen LogP contribution in [0.2, 0.25) is 0 Å². The average Bonchev–Trinajstić information content (AvgIpc) is 2.93. The van der Waals surface area contributed by atoms with E-state index >= 15 is 0 Å². The second kappa shape index (κ2) is 6.25. The van der Waals surface area contributed by atoms with Crippen LogP contribution >= 0.6 is 0 Å². The number of nitrogens with one attached hydrogen (secondary N) is 1. The molecule has 1 aromatic carbocycles. The van der Waals surface area contributed by atoms with Crippen molar-refractivity contribution in [3.05, 3.63) is 35.4 Å². The monoisotopic (exact) mass is 372 g/mol. The number of benzene rings is 1. The molecule has 1 N–H and O–H groups in total. The Balaban J connectivity index is 0.00000225. The molecule has 1 saturated heterocycles. The lowest BCUT2D eigenvalue weighted by molar-refractivity contribution is -0.143. The lowest BCUT2D eigenvalue weighted by Crippen LogP contribution is -2.59. The Labute approximate surface area is 162 Å². The van der Waals surface area contributed by atoms with Gasteiger partial charge in [0, 0.05) is 20.4 Å². The van der Waals surface area contributed by atoms with Crippen molar-refractivity contribution >= 4 is 12.0 Å². The van der Waals surface area contributed by atoms with E-state index in [1.807, 2.05) is 11.9 Å². The zero-order chi connectivity index (χ0) is 19.4. The maximum absolute atomic E-state index is 12.8. The molecule has 1 aromatic rings. The maximum Gasteiger partial charge on any atom is 0.407 e. The minimum absolute atomic E-state index is 0. The fraction of sp³-hybridized carbons (Fsp3) is 0.636. The van der Waals surface area contributed by atoms with Crippen LogP contribution in [-0.2, 0) is 14.9 Å². The topological polar surface area (TPSA) is 58.6 Å². The van der Waals surface area contributed by atoms with E-state index in [1.54, 1.807) is 0 Å². The Morgan fingerprint density at radius 1 is 1.22 bits per heavy atom. The molecule has 27 heavy (non-hydrogen) atoms. The molecule has 3 aliphatic rings. The molecule has 0 radical (unpaired) electrons. The lowest BCUT2D eigenvalue weighted by Gasteiger charge is -2.47. The number of hydrogen-bond donors (Lipinski definition) is 1. The van der Waals surface area contributed by atoms with Crippen molar-refractivity contribution in [3.63, 3.8) is 0 Å². The molecular weight excluding hydrogens is 340 g/mol. The van der Waals surface area contributed by atoms with Gasteiger partial charge in [-0.15, -0.1) is 0 Å². The SMILES string of the molecule is CN(C(=O)C1CC2(COC(=O)N2)C1)C1CC(c2ccc(C(C)(C)C)cc2)C1.[HH]. The van der Waals surface area contributed by atoms with Crippen molar-refractivity contribution in [1.82, 2.24) is 10.2 Å². The predicted octanol–water partition coefficient (Wildman–Crippen LogP) is 3.82. The maximum atomic E-state index is 12.8. The van der Waals surface area contributed by atoms with Crippen LogP contribution in [-0.4, -0.2) is 42.1 Å². The van der Waals surface area contributed by atoms with E-state index in [0.29, 0.717) is 31.4 Å². The fourth-order valence-corrected chi connectivity index (χ4v) is 4.67.